The fraction of sp³-hybridized carbons (Fsp3) is 0.870. The van der Waals surface area contributed by atoms with Gasteiger partial charge in [-0.05, 0) is 90.9 Å². The summed E-state index contributed by atoms with van der Waals surface area (Å²) in [6.45, 7) is 18.2. The Morgan fingerprint density at radius 2 is 1.44 bits per heavy atom. The highest BCUT2D eigenvalue weighted by Crippen LogP contribution is 2.36. The predicted octanol–water partition coefficient (Wildman–Crippen LogP) is 3.34. The number of methoxy groups -OCH3 is 2. The SMILES string of the molecule is CC[C@H]1OC(=O)CC(O)[C@H](C)[C@@H](OC2O[C@H](C)[C@@H](O)[C@H](N(C)C)[C@H]2O)[C@@H](CCN2C[C@H](C)C[C@H](C)C2)CC(C)C(=O)/C=C/C(C)=C/[C@@H]1CO[C@@H]1O[C@H](C)[C@@H](O)[C@@H](OC)[C@H]1OC. The number of rotatable bonds is 12. The van der Waals surface area contributed by atoms with Crippen molar-refractivity contribution >= 4 is 11.8 Å². The molecule has 0 spiro atoms. The van der Waals surface area contributed by atoms with Crippen LogP contribution in [-0.4, -0.2) is 176 Å². The molecule has 0 aromatic heterocycles. The van der Waals surface area contributed by atoms with Crippen LogP contribution in [0.3, 0.4) is 0 Å². The summed E-state index contributed by atoms with van der Waals surface area (Å²) in [6.07, 6.45) is -2.96. The van der Waals surface area contributed by atoms with Gasteiger partial charge in [0.25, 0.3) is 0 Å². The van der Waals surface area contributed by atoms with Crippen molar-refractivity contribution in [3.05, 3.63) is 23.8 Å². The zero-order chi connectivity index (χ0) is 45.3. The third-order valence-electron chi connectivity index (χ3n) is 13.5. The number of allylic oxidation sites excluding steroid dienone is 3. The molecule has 15 heteroatoms. The largest absolute Gasteiger partial charge is 0.462 e. The molecule has 4 aliphatic rings. The number of hydrogen-bond donors (Lipinski definition) is 4. The van der Waals surface area contributed by atoms with Crippen molar-refractivity contribution in [1.82, 2.24) is 9.80 Å². The maximum atomic E-state index is 14.0. The Labute approximate surface area is 365 Å². The lowest BCUT2D eigenvalue weighted by Crippen LogP contribution is -2.63. The molecule has 3 saturated heterocycles. The summed E-state index contributed by atoms with van der Waals surface area (Å²) in [7, 11) is 6.54. The monoisotopic (exact) mass is 869 g/mol. The number of carbonyl (C=O) groups is 2. The average Bonchev–Trinajstić information content (AvgIpc) is 3.19. The van der Waals surface area contributed by atoms with E-state index in [0.717, 1.165) is 25.2 Å². The van der Waals surface area contributed by atoms with Crippen LogP contribution in [0.5, 0.6) is 0 Å². The molecule has 19 atom stereocenters. The lowest BCUT2D eigenvalue weighted by Gasteiger charge is -2.47. The highest BCUT2D eigenvalue weighted by atomic mass is 16.7. The summed E-state index contributed by atoms with van der Waals surface area (Å²) >= 11 is 0. The molecular formula is C46H80N2O13. The standard InChI is InChI=1S/C46H80N2O13/c1-13-36-33(24-57-46-44(56-12)43(55-11)40(53)31(8)59-46)19-25(2)14-15-34(49)28(5)20-32(16-17-48-22-26(3)18-27(4)23-48)42(29(6)35(50)21-37(51)60-36)61-45-41(54)38(47(9)10)39(52)30(7)58-45/h14-15,19,26-33,35-36,38-46,50,52-54H,13,16-18,20-24H2,1-12H3/b15-14+,25-19+/t26-,27+,28?,29-,30+,31+,32-,33+,35?,36+,38-,39+,40+,41+,42+,43+,44+,45?,46+/m0/s1. The first-order valence-corrected chi connectivity index (χ1v) is 22.6. The van der Waals surface area contributed by atoms with Gasteiger partial charge in [0.1, 0.15) is 30.5 Å². The third kappa shape index (κ3) is 13.8. The van der Waals surface area contributed by atoms with E-state index in [2.05, 4.69) is 18.7 Å². The molecule has 352 valence electrons. The van der Waals surface area contributed by atoms with E-state index < -0.39 is 103 Å². The molecule has 0 aromatic rings. The van der Waals surface area contributed by atoms with Crippen molar-refractivity contribution in [2.75, 3.05) is 54.6 Å². The maximum Gasteiger partial charge on any atom is 0.308 e. The maximum absolute atomic E-state index is 14.0. The predicted molar refractivity (Wildman–Crippen MR) is 229 cm³/mol. The third-order valence-corrected chi connectivity index (χ3v) is 13.5. The molecule has 61 heavy (non-hydrogen) atoms. The van der Waals surface area contributed by atoms with Crippen molar-refractivity contribution < 1.29 is 63.2 Å². The number of nitrogens with zero attached hydrogens (tertiary/aromatic N) is 2. The number of esters is 1. The molecule has 0 radical (unpaired) electrons. The van der Waals surface area contributed by atoms with E-state index in [4.69, 9.17) is 33.2 Å². The molecule has 0 bridgehead atoms. The van der Waals surface area contributed by atoms with Crippen LogP contribution >= 0.6 is 0 Å². The van der Waals surface area contributed by atoms with Gasteiger partial charge in [-0.25, -0.2) is 0 Å². The summed E-state index contributed by atoms with van der Waals surface area (Å²) in [5.74, 6) is -1.46. The van der Waals surface area contributed by atoms with Gasteiger partial charge < -0.3 is 63.4 Å². The fourth-order valence-corrected chi connectivity index (χ4v) is 10.0. The number of likely N-dealkylation sites (N-methyl/N-ethyl adjacent to an activating group) is 1. The molecule has 0 saturated carbocycles. The molecule has 4 heterocycles. The number of ketones is 1. The zero-order valence-corrected chi connectivity index (χ0v) is 38.9. The van der Waals surface area contributed by atoms with Gasteiger partial charge >= 0.3 is 5.97 Å². The van der Waals surface area contributed by atoms with Crippen LogP contribution in [0.25, 0.3) is 0 Å². The molecule has 4 aliphatic heterocycles. The van der Waals surface area contributed by atoms with E-state index in [1.807, 2.05) is 33.8 Å². The van der Waals surface area contributed by atoms with Gasteiger partial charge in [0.2, 0.25) is 0 Å². The number of likely N-dealkylation sites (tertiary alicyclic amines) is 1. The van der Waals surface area contributed by atoms with Crippen LogP contribution in [0.1, 0.15) is 87.5 Å². The smallest absolute Gasteiger partial charge is 0.308 e. The Morgan fingerprint density at radius 3 is 2.05 bits per heavy atom. The number of cyclic esters (lactones) is 1. The van der Waals surface area contributed by atoms with Crippen LogP contribution in [0.4, 0.5) is 0 Å². The van der Waals surface area contributed by atoms with E-state index >= 15 is 0 Å². The Hall–Kier alpha value is -1.86. The van der Waals surface area contributed by atoms with Gasteiger partial charge in [0.05, 0.1) is 49.6 Å². The van der Waals surface area contributed by atoms with E-state index in [9.17, 15) is 30.0 Å². The number of carbonyl (C=O) groups excluding carboxylic acids is 2. The molecule has 3 unspecified atom stereocenters. The van der Waals surface area contributed by atoms with Gasteiger partial charge in [0.15, 0.2) is 18.4 Å². The van der Waals surface area contributed by atoms with Crippen molar-refractivity contribution in [1.29, 1.82) is 0 Å². The van der Waals surface area contributed by atoms with E-state index in [0.29, 0.717) is 31.1 Å². The summed E-state index contributed by atoms with van der Waals surface area (Å²) in [5.41, 5.74) is 0.761. The molecule has 0 aromatic carbocycles. The second kappa shape index (κ2) is 23.9. The van der Waals surface area contributed by atoms with E-state index in [1.54, 1.807) is 45.0 Å². The van der Waals surface area contributed by atoms with Crippen molar-refractivity contribution in [2.45, 2.75) is 167 Å². The first-order valence-electron chi connectivity index (χ1n) is 22.6. The van der Waals surface area contributed by atoms with Crippen molar-refractivity contribution in [3.63, 3.8) is 0 Å². The summed E-state index contributed by atoms with van der Waals surface area (Å²) in [5, 5.41) is 45.3. The highest BCUT2D eigenvalue weighted by Gasteiger charge is 2.48. The normalized spacial score (nSPS) is 44.3. The minimum atomic E-state index is -1.23. The number of hydrogen-bond acceptors (Lipinski definition) is 15. The number of aliphatic hydroxyl groups excluding tert-OH is 4. The summed E-state index contributed by atoms with van der Waals surface area (Å²) in [6, 6.07) is -0.684. The Bertz CT molecular complexity index is 1420. The number of piperidine rings is 1. The first kappa shape index (κ1) is 51.8. The number of aliphatic hydroxyl groups is 4. The lowest BCUT2D eigenvalue weighted by atomic mass is 9.79. The number of ether oxygens (including phenoxy) is 7. The van der Waals surface area contributed by atoms with Gasteiger partial charge in [-0.3, -0.25) is 9.59 Å². The Balaban J connectivity index is 1.68. The minimum absolute atomic E-state index is 0.0427. The topological polar surface area (TPSA) is 186 Å². The van der Waals surface area contributed by atoms with Crippen LogP contribution < -0.4 is 0 Å². The fourth-order valence-electron chi connectivity index (χ4n) is 10.0. The van der Waals surface area contributed by atoms with E-state index in [-0.39, 0.29) is 24.7 Å². The first-order chi connectivity index (χ1) is 28.8. The molecule has 4 rings (SSSR count). The molecule has 3 fully saturated rings. The van der Waals surface area contributed by atoms with Crippen LogP contribution in [0, 0.1) is 35.5 Å². The van der Waals surface area contributed by atoms with Crippen molar-refractivity contribution in [2.24, 2.45) is 35.5 Å². The molecule has 0 aliphatic carbocycles. The second-order valence-corrected chi connectivity index (χ2v) is 18.9. The van der Waals surface area contributed by atoms with Gasteiger partial charge in [0, 0.05) is 45.1 Å². The van der Waals surface area contributed by atoms with E-state index in [1.165, 1.54) is 20.6 Å². The minimum Gasteiger partial charge on any atom is -0.462 e. The Morgan fingerprint density at radius 1 is 0.820 bits per heavy atom. The second-order valence-electron chi connectivity index (χ2n) is 18.9. The average molecular weight is 869 g/mol. The van der Waals surface area contributed by atoms with Gasteiger partial charge in [-0.15, -0.1) is 0 Å². The van der Waals surface area contributed by atoms with Crippen molar-refractivity contribution in [3.8, 4) is 0 Å². The zero-order valence-electron chi connectivity index (χ0n) is 38.9. The summed E-state index contributed by atoms with van der Waals surface area (Å²) < 4.78 is 42.6. The highest BCUT2D eigenvalue weighted by molar-refractivity contribution is 5.91. The van der Waals surface area contributed by atoms with Crippen LogP contribution in [0.2, 0.25) is 0 Å². The summed E-state index contributed by atoms with van der Waals surface area (Å²) in [4.78, 5) is 32.1. The molecule has 4 N–H and O–H groups in total. The Kier molecular flexibility index (Phi) is 20.3. The lowest BCUT2D eigenvalue weighted by molar-refractivity contribution is -0.304. The molecular weight excluding hydrogens is 789 g/mol. The van der Waals surface area contributed by atoms with Crippen LogP contribution in [0.15, 0.2) is 23.8 Å². The van der Waals surface area contributed by atoms with Gasteiger partial charge in [-0.2, -0.15) is 0 Å². The molecule has 0 amide bonds. The molecule has 15 nitrogen and oxygen atoms in total. The quantitative estimate of drug-likeness (QED) is 0.209. The van der Waals surface area contributed by atoms with Crippen LogP contribution in [-0.2, 0) is 42.7 Å². The van der Waals surface area contributed by atoms with Gasteiger partial charge in [-0.1, -0.05) is 52.3 Å².